The standard InChI is InChI=1S/C14H12F3N3O2/c15-14(16,17)10-3-1-2-9(6-10)8-19-11-4-5-13(20(21)22)12(18)7-11/h1-7,19H,8,18H2. The highest BCUT2D eigenvalue weighted by molar-refractivity contribution is 5.65. The first-order valence-corrected chi connectivity index (χ1v) is 6.21. The van der Waals surface area contributed by atoms with Gasteiger partial charge >= 0.3 is 6.18 Å². The highest BCUT2D eigenvalue weighted by atomic mass is 19.4. The molecule has 0 aliphatic rings. The van der Waals surface area contributed by atoms with Crippen LogP contribution in [0.2, 0.25) is 0 Å². The highest BCUT2D eigenvalue weighted by Gasteiger charge is 2.30. The van der Waals surface area contributed by atoms with Gasteiger partial charge in [-0.3, -0.25) is 10.1 Å². The number of nitrogens with two attached hydrogens (primary N) is 1. The molecule has 2 rings (SSSR count). The molecule has 0 aliphatic carbocycles. The monoisotopic (exact) mass is 311 g/mol. The fourth-order valence-electron chi connectivity index (χ4n) is 1.89. The summed E-state index contributed by atoms with van der Waals surface area (Å²) in [6.45, 7) is 0.140. The van der Waals surface area contributed by atoms with Gasteiger partial charge in [0.15, 0.2) is 0 Å². The number of nitrogens with one attached hydrogen (secondary N) is 1. The molecule has 0 spiro atoms. The van der Waals surface area contributed by atoms with Crippen LogP contribution in [0, 0.1) is 10.1 Å². The number of anilines is 2. The molecule has 0 aliphatic heterocycles. The van der Waals surface area contributed by atoms with Crippen LogP contribution in [-0.2, 0) is 12.7 Å². The molecule has 5 nitrogen and oxygen atoms in total. The van der Waals surface area contributed by atoms with Crippen LogP contribution in [0.4, 0.5) is 30.2 Å². The third-order valence-electron chi connectivity index (χ3n) is 2.98. The fraction of sp³-hybridized carbons (Fsp3) is 0.143. The molecule has 8 heteroatoms. The number of nitrogen functional groups attached to an aromatic ring is 1. The third kappa shape index (κ3) is 3.66. The van der Waals surface area contributed by atoms with Crippen LogP contribution in [0.25, 0.3) is 0 Å². The van der Waals surface area contributed by atoms with Crippen LogP contribution in [0.15, 0.2) is 42.5 Å². The van der Waals surface area contributed by atoms with Gasteiger partial charge in [-0.2, -0.15) is 13.2 Å². The number of alkyl halides is 3. The summed E-state index contributed by atoms with van der Waals surface area (Å²) in [5.74, 6) is 0. The minimum absolute atomic E-state index is 0.0148. The molecule has 0 radical (unpaired) electrons. The zero-order valence-corrected chi connectivity index (χ0v) is 11.2. The number of nitro groups is 1. The van der Waals surface area contributed by atoms with Crippen LogP contribution in [0.1, 0.15) is 11.1 Å². The summed E-state index contributed by atoms with van der Waals surface area (Å²) in [5.41, 5.74) is 5.51. The maximum absolute atomic E-state index is 12.6. The molecule has 2 aromatic carbocycles. The largest absolute Gasteiger partial charge is 0.416 e. The van der Waals surface area contributed by atoms with E-state index in [1.807, 2.05) is 0 Å². The number of nitrogens with zero attached hydrogens (tertiary/aromatic N) is 1. The van der Waals surface area contributed by atoms with Crippen LogP contribution < -0.4 is 11.1 Å². The van der Waals surface area contributed by atoms with Gasteiger partial charge in [0.25, 0.3) is 5.69 Å². The van der Waals surface area contributed by atoms with Crippen molar-refractivity contribution < 1.29 is 18.1 Å². The van der Waals surface area contributed by atoms with E-state index in [2.05, 4.69) is 5.32 Å². The quantitative estimate of drug-likeness (QED) is 0.511. The van der Waals surface area contributed by atoms with Gasteiger partial charge in [0, 0.05) is 18.3 Å². The Balaban J connectivity index is 2.10. The van der Waals surface area contributed by atoms with Crippen LogP contribution in [-0.4, -0.2) is 4.92 Å². The molecule has 0 unspecified atom stereocenters. The molecule has 0 bridgehead atoms. The van der Waals surface area contributed by atoms with E-state index >= 15 is 0 Å². The van der Waals surface area contributed by atoms with E-state index in [0.29, 0.717) is 11.3 Å². The molecule has 3 N–H and O–H groups in total. The van der Waals surface area contributed by atoms with Gasteiger partial charge in [-0.1, -0.05) is 12.1 Å². The van der Waals surface area contributed by atoms with E-state index < -0.39 is 16.7 Å². The molecular formula is C14H12F3N3O2. The van der Waals surface area contributed by atoms with Gasteiger partial charge < -0.3 is 11.1 Å². The Morgan fingerprint density at radius 2 is 1.91 bits per heavy atom. The Labute approximate surface area is 123 Å². The minimum atomic E-state index is -4.40. The zero-order valence-electron chi connectivity index (χ0n) is 11.2. The molecule has 0 atom stereocenters. The SMILES string of the molecule is Nc1cc(NCc2cccc(C(F)(F)F)c2)ccc1[N+](=O)[O-]. The third-order valence-corrected chi connectivity index (χ3v) is 2.98. The van der Waals surface area contributed by atoms with Gasteiger partial charge in [-0.15, -0.1) is 0 Å². The van der Waals surface area contributed by atoms with Crippen LogP contribution in [0.5, 0.6) is 0 Å². The van der Waals surface area contributed by atoms with E-state index in [-0.39, 0.29) is 17.9 Å². The van der Waals surface area contributed by atoms with Gasteiger partial charge in [0.2, 0.25) is 0 Å². The predicted molar refractivity (Wildman–Crippen MR) is 76.3 cm³/mol. The molecule has 22 heavy (non-hydrogen) atoms. The molecule has 0 amide bonds. The van der Waals surface area contributed by atoms with Crippen molar-refractivity contribution in [1.29, 1.82) is 0 Å². The summed E-state index contributed by atoms with van der Waals surface area (Å²) in [6, 6.07) is 8.97. The average molecular weight is 311 g/mol. The van der Waals surface area contributed by atoms with Crippen molar-refractivity contribution in [3.63, 3.8) is 0 Å². The lowest BCUT2D eigenvalue weighted by Gasteiger charge is -2.10. The zero-order chi connectivity index (χ0) is 16.3. The average Bonchev–Trinajstić information content (AvgIpc) is 2.44. The van der Waals surface area contributed by atoms with Crippen molar-refractivity contribution in [2.45, 2.75) is 12.7 Å². The second-order valence-corrected chi connectivity index (χ2v) is 4.58. The highest BCUT2D eigenvalue weighted by Crippen LogP contribution is 2.30. The molecule has 0 saturated heterocycles. The first kappa shape index (κ1) is 15.6. The molecular weight excluding hydrogens is 299 g/mol. The topological polar surface area (TPSA) is 81.2 Å². The van der Waals surface area contributed by atoms with Gasteiger partial charge in [0.1, 0.15) is 5.69 Å². The molecule has 0 aromatic heterocycles. The van der Waals surface area contributed by atoms with Crippen molar-refractivity contribution in [2.24, 2.45) is 0 Å². The van der Waals surface area contributed by atoms with E-state index in [1.165, 1.54) is 24.3 Å². The Morgan fingerprint density at radius 3 is 2.50 bits per heavy atom. The summed E-state index contributed by atoms with van der Waals surface area (Å²) in [6.07, 6.45) is -4.40. The molecule has 0 heterocycles. The molecule has 116 valence electrons. The number of benzene rings is 2. The normalized spacial score (nSPS) is 11.2. The van der Waals surface area contributed by atoms with Crippen molar-refractivity contribution in [1.82, 2.24) is 0 Å². The Kier molecular flexibility index (Phi) is 4.20. The number of hydrogen-bond acceptors (Lipinski definition) is 4. The van der Waals surface area contributed by atoms with Crippen molar-refractivity contribution >= 4 is 17.1 Å². The van der Waals surface area contributed by atoms with Gasteiger partial charge in [-0.25, -0.2) is 0 Å². The van der Waals surface area contributed by atoms with E-state index in [9.17, 15) is 23.3 Å². The predicted octanol–water partition coefficient (Wildman–Crippen LogP) is 3.81. The summed E-state index contributed by atoms with van der Waals surface area (Å²) in [5, 5.41) is 13.5. The van der Waals surface area contributed by atoms with Crippen molar-refractivity contribution in [3.05, 3.63) is 63.7 Å². The first-order valence-electron chi connectivity index (χ1n) is 6.21. The maximum Gasteiger partial charge on any atom is 0.416 e. The summed E-state index contributed by atoms with van der Waals surface area (Å²) >= 11 is 0. The summed E-state index contributed by atoms with van der Waals surface area (Å²) in [7, 11) is 0. The lowest BCUT2D eigenvalue weighted by atomic mass is 10.1. The van der Waals surface area contributed by atoms with Gasteiger partial charge in [0.05, 0.1) is 10.5 Å². The lowest BCUT2D eigenvalue weighted by Crippen LogP contribution is -2.07. The number of rotatable bonds is 4. The van der Waals surface area contributed by atoms with Crippen molar-refractivity contribution in [3.8, 4) is 0 Å². The molecule has 0 saturated carbocycles. The fourth-order valence-corrected chi connectivity index (χ4v) is 1.89. The van der Waals surface area contributed by atoms with E-state index in [0.717, 1.165) is 12.1 Å². The Hall–Kier alpha value is -2.77. The second kappa shape index (κ2) is 5.92. The summed E-state index contributed by atoms with van der Waals surface area (Å²) in [4.78, 5) is 10.0. The summed E-state index contributed by atoms with van der Waals surface area (Å²) < 4.78 is 37.8. The minimum Gasteiger partial charge on any atom is -0.393 e. The van der Waals surface area contributed by atoms with E-state index in [1.54, 1.807) is 6.07 Å². The number of hydrogen-bond donors (Lipinski definition) is 2. The molecule has 0 fully saturated rings. The first-order chi connectivity index (χ1) is 10.3. The smallest absolute Gasteiger partial charge is 0.393 e. The van der Waals surface area contributed by atoms with Gasteiger partial charge in [-0.05, 0) is 29.8 Å². The lowest BCUT2D eigenvalue weighted by molar-refractivity contribution is -0.383. The Bertz CT molecular complexity index is 702. The maximum atomic E-state index is 12.6. The second-order valence-electron chi connectivity index (χ2n) is 4.58. The van der Waals surface area contributed by atoms with E-state index in [4.69, 9.17) is 5.73 Å². The number of nitro benzene ring substituents is 1. The Morgan fingerprint density at radius 1 is 1.18 bits per heavy atom. The van der Waals surface area contributed by atoms with Crippen LogP contribution in [0.3, 0.4) is 0 Å². The van der Waals surface area contributed by atoms with Crippen molar-refractivity contribution in [2.75, 3.05) is 11.1 Å². The molecule has 2 aromatic rings. The number of halogens is 3. The van der Waals surface area contributed by atoms with Crippen LogP contribution >= 0.6 is 0 Å².